The average Bonchev–Trinajstić information content (AvgIpc) is 2.93. The van der Waals surface area contributed by atoms with Crippen LogP contribution in [0.25, 0.3) is 0 Å². The van der Waals surface area contributed by atoms with Crippen LogP contribution in [0.15, 0.2) is 0 Å². The molecule has 6 heteroatoms. The van der Waals surface area contributed by atoms with E-state index in [2.05, 4.69) is 11.8 Å². The van der Waals surface area contributed by atoms with Gasteiger partial charge in [-0.25, -0.2) is 4.79 Å². The lowest BCUT2D eigenvalue weighted by Crippen LogP contribution is -2.38. The SMILES string of the molecule is CCN1CCOC(c2c(O)c3c(c(C)c2OC)COC3=O)C1. The summed E-state index contributed by atoms with van der Waals surface area (Å²) < 4.78 is 16.4. The number of esters is 1. The van der Waals surface area contributed by atoms with Gasteiger partial charge in [-0.15, -0.1) is 0 Å². The summed E-state index contributed by atoms with van der Waals surface area (Å²) in [6, 6.07) is 0. The predicted molar refractivity (Wildman–Crippen MR) is 79.3 cm³/mol. The molecule has 2 aliphatic heterocycles. The number of hydrogen-bond acceptors (Lipinski definition) is 6. The second-order valence-corrected chi connectivity index (χ2v) is 5.60. The van der Waals surface area contributed by atoms with Crippen molar-refractivity contribution < 1.29 is 24.1 Å². The number of carbonyl (C=O) groups excluding carboxylic acids is 1. The number of methoxy groups -OCH3 is 1. The molecular formula is C16H21NO5. The molecule has 1 unspecified atom stereocenters. The maximum absolute atomic E-state index is 11.9. The van der Waals surface area contributed by atoms with Crippen molar-refractivity contribution in [3.05, 3.63) is 22.3 Å². The second kappa shape index (κ2) is 5.78. The maximum atomic E-state index is 11.9. The number of phenolic OH excluding ortho intramolecular Hbond substituents is 1. The number of fused-ring (bicyclic) bond motifs is 1. The lowest BCUT2D eigenvalue weighted by Gasteiger charge is -2.33. The third-order valence-corrected chi connectivity index (χ3v) is 4.51. The summed E-state index contributed by atoms with van der Waals surface area (Å²) in [7, 11) is 1.57. The molecule has 0 bridgehead atoms. The van der Waals surface area contributed by atoms with Gasteiger partial charge < -0.3 is 19.3 Å². The quantitative estimate of drug-likeness (QED) is 0.859. The van der Waals surface area contributed by atoms with Gasteiger partial charge in [0, 0.05) is 18.7 Å². The number of benzene rings is 1. The van der Waals surface area contributed by atoms with Gasteiger partial charge in [0.1, 0.15) is 29.8 Å². The zero-order valence-corrected chi connectivity index (χ0v) is 13.1. The molecule has 0 spiro atoms. The largest absolute Gasteiger partial charge is 0.506 e. The fraction of sp³-hybridized carbons (Fsp3) is 0.562. The molecule has 0 aliphatic carbocycles. The minimum Gasteiger partial charge on any atom is -0.506 e. The molecule has 1 aromatic rings. The molecule has 0 aromatic heterocycles. The van der Waals surface area contributed by atoms with Gasteiger partial charge in [-0.3, -0.25) is 4.90 Å². The number of carbonyl (C=O) groups is 1. The van der Waals surface area contributed by atoms with Gasteiger partial charge in [-0.2, -0.15) is 0 Å². The van der Waals surface area contributed by atoms with Gasteiger partial charge in [0.25, 0.3) is 0 Å². The minimum absolute atomic E-state index is 0.0668. The molecule has 0 amide bonds. The third kappa shape index (κ3) is 2.23. The minimum atomic E-state index is -0.484. The summed E-state index contributed by atoms with van der Waals surface area (Å²) in [5, 5.41) is 10.6. The van der Waals surface area contributed by atoms with Crippen LogP contribution in [-0.2, 0) is 16.1 Å². The van der Waals surface area contributed by atoms with Crippen molar-refractivity contribution in [3.8, 4) is 11.5 Å². The molecule has 1 atom stereocenters. The fourth-order valence-corrected chi connectivity index (χ4v) is 3.25. The van der Waals surface area contributed by atoms with E-state index < -0.39 is 5.97 Å². The lowest BCUT2D eigenvalue weighted by molar-refractivity contribution is -0.0301. The number of rotatable bonds is 3. The van der Waals surface area contributed by atoms with E-state index in [1.54, 1.807) is 7.11 Å². The van der Waals surface area contributed by atoms with Crippen molar-refractivity contribution in [2.45, 2.75) is 26.6 Å². The van der Waals surface area contributed by atoms with Gasteiger partial charge in [-0.05, 0) is 19.0 Å². The van der Waals surface area contributed by atoms with Gasteiger partial charge in [0.2, 0.25) is 0 Å². The van der Waals surface area contributed by atoms with E-state index in [0.29, 0.717) is 30.0 Å². The highest BCUT2D eigenvalue weighted by atomic mass is 16.5. The van der Waals surface area contributed by atoms with Crippen LogP contribution < -0.4 is 4.74 Å². The summed E-state index contributed by atoms with van der Waals surface area (Å²) in [6.45, 7) is 7.16. The first-order chi connectivity index (χ1) is 10.6. The molecule has 1 N–H and O–H groups in total. The van der Waals surface area contributed by atoms with Crippen molar-refractivity contribution in [3.63, 3.8) is 0 Å². The first kappa shape index (κ1) is 15.1. The van der Waals surface area contributed by atoms with Crippen LogP contribution in [0.1, 0.15) is 40.1 Å². The number of morpholine rings is 1. The molecule has 0 saturated carbocycles. The molecule has 3 rings (SSSR count). The third-order valence-electron chi connectivity index (χ3n) is 4.51. The molecule has 1 fully saturated rings. The Hall–Kier alpha value is -1.79. The van der Waals surface area contributed by atoms with Crippen molar-refractivity contribution in [1.82, 2.24) is 4.90 Å². The molecular weight excluding hydrogens is 286 g/mol. The van der Waals surface area contributed by atoms with Crippen molar-refractivity contribution in [2.75, 3.05) is 33.4 Å². The highest BCUT2D eigenvalue weighted by Crippen LogP contribution is 2.45. The standard InChI is InChI=1S/C16H21NO5/c1-4-17-5-6-21-11(7-17)13-14(18)12-10(8-22-16(12)19)9(2)15(13)20-3/h11,18H,4-8H2,1-3H3. The molecule has 0 radical (unpaired) electrons. The van der Waals surface area contributed by atoms with Gasteiger partial charge in [0.05, 0.1) is 19.3 Å². The van der Waals surface area contributed by atoms with Crippen LogP contribution in [0.4, 0.5) is 0 Å². The van der Waals surface area contributed by atoms with E-state index >= 15 is 0 Å². The Balaban J connectivity index is 2.12. The van der Waals surface area contributed by atoms with E-state index in [9.17, 15) is 9.90 Å². The number of ether oxygens (including phenoxy) is 3. The Bertz CT molecular complexity index is 613. The molecule has 120 valence electrons. The van der Waals surface area contributed by atoms with Gasteiger partial charge in [-0.1, -0.05) is 6.92 Å². The Morgan fingerprint density at radius 3 is 2.91 bits per heavy atom. The van der Waals surface area contributed by atoms with E-state index in [-0.39, 0.29) is 24.0 Å². The van der Waals surface area contributed by atoms with E-state index in [1.165, 1.54) is 0 Å². The van der Waals surface area contributed by atoms with E-state index in [1.807, 2.05) is 6.92 Å². The number of phenols is 1. The summed E-state index contributed by atoms with van der Waals surface area (Å²) in [6.07, 6.45) is -0.318. The molecule has 6 nitrogen and oxygen atoms in total. The zero-order chi connectivity index (χ0) is 15.9. The van der Waals surface area contributed by atoms with Gasteiger partial charge >= 0.3 is 5.97 Å². The average molecular weight is 307 g/mol. The lowest BCUT2D eigenvalue weighted by atomic mass is 9.93. The fourth-order valence-electron chi connectivity index (χ4n) is 3.25. The second-order valence-electron chi connectivity index (χ2n) is 5.60. The smallest absolute Gasteiger partial charge is 0.342 e. The number of nitrogens with zero attached hydrogens (tertiary/aromatic N) is 1. The van der Waals surface area contributed by atoms with Crippen LogP contribution >= 0.6 is 0 Å². The zero-order valence-electron chi connectivity index (χ0n) is 13.1. The van der Waals surface area contributed by atoms with Crippen molar-refractivity contribution in [1.29, 1.82) is 0 Å². The first-order valence-electron chi connectivity index (χ1n) is 7.51. The van der Waals surface area contributed by atoms with Crippen LogP contribution in [0.2, 0.25) is 0 Å². The van der Waals surface area contributed by atoms with Gasteiger partial charge in [0.15, 0.2) is 0 Å². The number of aromatic hydroxyl groups is 1. The Morgan fingerprint density at radius 2 is 2.23 bits per heavy atom. The van der Waals surface area contributed by atoms with Crippen LogP contribution in [0.5, 0.6) is 11.5 Å². The molecule has 1 saturated heterocycles. The maximum Gasteiger partial charge on any atom is 0.342 e. The summed E-state index contributed by atoms with van der Waals surface area (Å²) in [4.78, 5) is 14.2. The summed E-state index contributed by atoms with van der Waals surface area (Å²) in [5.74, 6) is 0.0306. The highest BCUT2D eigenvalue weighted by Gasteiger charge is 2.36. The Labute approximate surface area is 129 Å². The number of likely N-dealkylation sites (N-methyl/N-ethyl adjacent to an activating group) is 1. The molecule has 2 heterocycles. The predicted octanol–water partition coefficient (Wildman–Crippen LogP) is 1.77. The van der Waals surface area contributed by atoms with E-state index in [0.717, 1.165) is 18.7 Å². The molecule has 1 aromatic carbocycles. The monoisotopic (exact) mass is 307 g/mol. The summed E-state index contributed by atoms with van der Waals surface area (Å²) >= 11 is 0. The number of hydrogen-bond donors (Lipinski definition) is 1. The van der Waals surface area contributed by atoms with Crippen LogP contribution in [0, 0.1) is 6.92 Å². The summed E-state index contributed by atoms with van der Waals surface area (Å²) in [5.41, 5.74) is 2.33. The normalized spacial score (nSPS) is 21.6. The van der Waals surface area contributed by atoms with Crippen LogP contribution in [-0.4, -0.2) is 49.3 Å². The Kier molecular flexibility index (Phi) is 3.97. The van der Waals surface area contributed by atoms with Crippen molar-refractivity contribution in [2.24, 2.45) is 0 Å². The molecule has 2 aliphatic rings. The first-order valence-corrected chi connectivity index (χ1v) is 7.51. The van der Waals surface area contributed by atoms with E-state index in [4.69, 9.17) is 14.2 Å². The molecule has 22 heavy (non-hydrogen) atoms. The van der Waals surface area contributed by atoms with Crippen molar-refractivity contribution >= 4 is 5.97 Å². The number of cyclic esters (lactones) is 1. The highest BCUT2D eigenvalue weighted by molar-refractivity contribution is 5.98. The Morgan fingerprint density at radius 1 is 1.45 bits per heavy atom. The van der Waals surface area contributed by atoms with Crippen LogP contribution in [0.3, 0.4) is 0 Å². The topological polar surface area (TPSA) is 68.2 Å².